The number of para-hydroxylation sites is 1. The molecule has 9 heteroatoms. The summed E-state index contributed by atoms with van der Waals surface area (Å²) in [5.74, 6) is -0.421. The molecule has 1 aliphatic carbocycles. The predicted molar refractivity (Wildman–Crippen MR) is 103 cm³/mol. The molecule has 2 heterocycles. The number of sulfonamides is 1. The second-order valence-electron chi connectivity index (χ2n) is 7.41. The van der Waals surface area contributed by atoms with Crippen LogP contribution in [0.25, 0.3) is 0 Å². The van der Waals surface area contributed by atoms with Gasteiger partial charge in [-0.2, -0.15) is 0 Å². The van der Waals surface area contributed by atoms with E-state index in [0.29, 0.717) is 13.1 Å². The molecule has 1 saturated heterocycles. The van der Waals surface area contributed by atoms with Crippen LogP contribution in [0.2, 0.25) is 0 Å². The third-order valence-corrected chi connectivity index (χ3v) is 7.41. The zero-order valence-corrected chi connectivity index (χ0v) is 16.3. The largest absolute Gasteiger partial charge is 0.489 e. The topological polar surface area (TPSA) is 98.4 Å². The molecule has 1 spiro atoms. The summed E-state index contributed by atoms with van der Waals surface area (Å²) in [6, 6.07) is 5.97. The van der Waals surface area contributed by atoms with Gasteiger partial charge in [0.05, 0.1) is 11.4 Å². The number of anilines is 1. The van der Waals surface area contributed by atoms with Crippen molar-refractivity contribution in [3.8, 4) is 5.75 Å². The first-order valence-corrected chi connectivity index (χ1v) is 11.0. The van der Waals surface area contributed by atoms with Gasteiger partial charge < -0.3 is 10.5 Å². The maximum Gasteiger partial charge on any atom is 0.220 e. The predicted octanol–water partition coefficient (Wildman–Crippen LogP) is 1.89. The van der Waals surface area contributed by atoms with Crippen LogP contribution >= 0.6 is 0 Å². The van der Waals surface area contributed by atoms with Gasteiger partial charge >= 0.3 is 0 Å². The van der Waals surface area contributed by atoms with Crippen LogP contribution in [0.1, 0.15) is 30.5 Å². The number of hydrogen-bond acceptors (Lipinski definition) is 6. The highest BCUT2D eigenvalue weighted by atomic mass is 32.2. The minimum atomic E-state index is -3.53. The Morgan fingerprint density at radius 1 is 1.29 bits per heavy atom. The fourth-order valence-corrected chi connectivity index (χ4v) is 5.63. The number of benzene rings is 1. The van der Waals surface area contributed by atoms with Crippen LogP contribution < -0.4 is 10.5 Å². The number of nitrogens with zero attached hydrogens (tertiary/aromatic N) is 3. The molecule has 2 aromatic rings. The minimum Gasteiger partial charge on any atom is -0.489 e. The maximum atomic E-state index is 13.6. The van der Waals surface area contributed by atoms with Crippen molar-refractivity contribution in [2.45, 2.75) is 31.1 Å². The minimum absolute atomic E-state index is 0.0599. The molecule has 150 valence electrons. The van der Waals surface area contributed by atoms with Crippen molar-refractivity contribution < 1.29 is 17.5 Å². The molecule has 1 aromatic heterocycles. The summed E-state index contributed by atoms with van der Waals surface area (Å²) in [4.78, 5) is 8.50. The summed E-state index contributed by atoms with van der Waals surface area (Å²) >= 11 is 0. The van der Waals surface area contributed by atoms with Crippen LogP contribution in [0, 0.1) is 5.82 Å². The second kappa shape index (κ2) is 7.29. The number of nitrogen functional groups attached to an aromatic ring is 1. The molecule has 0 bridgehead atoms. The Balaban J connectivity index is 1.46. The Morgan fingerprint density at radius 3 is 2.93 bits per heavy atom. The molecule has 0 saturated carbocycles. The lowest BCUT2D eigenvalue weighted by atomic mass is 9.78. The molecule has 2 aliphatic rings. The van der Waals surface area contributed by atoms with Crippen molar-refractivity contribution in [2.75, 3.05) is 31.2 Å². The van der Waals surface area contributed by atoms with Crippen LogP contribution in [-0.2, 0) is 21.9 Å². The molecule has 1 unspecified atom stereocenters. The number of nitrogens with two attached hydrogens (primary N) is 1. The summed E-state index contributed by atoms with van der Waals surface area (Å²) in [5, 5.41) is 0. The van der Waals surface area contributed by atoms with Gasteiger partial charge in [-0.3, -0.25) is 0 Å². The average Bonchev–Trinajstić information content (AvgIpc) is 3.00. The van der Waals surface area contributed by atoms with Crippen LogP contribution in [0.5, 0.6) is 5.75 Å². The van der Waals surface area contributed by atoms with E-state index in [2.05, 4.69) is 9.97 Å². The highest BCUT2D eigenvalue weighted by Gasteiger charge is 2.46. The lowest BCUT2D eigenvalue weighted by Crippen LogP contribution is -2.49. The molecular weight excluding hydrogens is 383 g/mol. The molecule has 4 rings (SSSR count). The smallest absolute Gasteiger partial charge is 0.220 e. The van der Waals surface area contributed by atoms with Crippen LogP contribution in [0.4, 0.5) is 10.3 Å². The first kappa shape index (κ1) is 19.1. The van der Waals surface area contributed by atoms with Crippen LogP contribution in [-0.4, -0.2) is 48.1 Å². The number of aromatic nitrogens is 2. The van der Waals surface area contributed by atoms with Gasteiger partial charge in [0.15, 0.2) is 11.6 Å². The van der Waals surface area contributed by atoms with Crippen molar-refractivity contribution in [3.63, 3.8) is 0 Å². The molecule has 28 heavy (non-hydrogen) atoms. The van der Waals surface area contributed by atoms with Crippen molar-refractivity contribution in [1.82, 2.24) is 14.3 Å². The SMILES string of the molecule is Nc1ncc2c(n1)C1(CCCN(S(=O)(=O)CCOc3ccccc3F)C1)CC2. The van der Waals surface area contributed by atoms with Crippen molar-refractivity contribution >= 4 is 16.0 Å². The molecule has 1 atom stereocenters. The fourth-order valence-electron chi connectivity index (χ4n) is 4.23. The Kier molecular flexibility index (Phi) is 4.96. The van der Waals surface area contributed by atoms with Gasteiger partial charge in [0.2, 0.25) is 16.0 Å². The quantitative estimate of drug-likeness (QED) is 0.814. The van der Waals surface area contributed by atoms with Gasteiger partial charge in [-0.1, -0.05) is 12.1 Å². The fraction of sp³-hybridized carbons (Fsp3) is 0.474. The van der Waals surface area contributed by atoms with E-state index in [1.54, 1.807) is 18.3 Å². The number of aryl methyl sites for hydroxylation is 1. The lowest BCUT2D eigenvalue weighted by molar-refractivity contribution is 0.218. The Hall–Kier alpha value is -2.26. The number of rotatable bonds is 5. The van der Waals surface area contributed by atoms with Crippen molar-refractivity contribution in [1.29, 1.82) is 0 Å². The molecule has 7 nitrogen and oxygen atoms in total. The van der Waals surface area contributed by atoms with Gasteiger partial charge in [0.1, 0.15) is 6.61 Å². The third kappa shape index (κ3) is 3.56. The summed E-state index contributed by atoms with van der Waals surface area (Å²) in [5.41, 5.74) is 7.42. The van der Waals surface area contributed by atoms with E-state index in [1.807, 2.05) is 0 Å². The average molecular weight is 406 g/mol. The molecular formula is C19H23FN4O3S. The van der Waals surface area contributed by atoms with E-state index in [4.69, 9.17) is 10.5 Å². The number of piperidine rings is 1. The van der Waals surface area contributed by atoms with E-state index in [9.17, 15) is 12.8 Å². The highest BCUT2D eigenvalue weighted by molar-refractivity contribution is 7.89. The van der Waals surface area contributed by atoms with E-state index < -0.39 is 15.8 Å². The number of halogens is 1. The Morgan fingerprint density at radius 2 is 2.11 bits per heavy atom. The monoisotopic (exact) mass is 406 g/mol. The molecule has 1 aromatic carbocycles. The van der Waals surface area contributed by atoms with Gasteiger partial charge in [0.25, 0.3) is 0 Å². The summed E-state index contributed by atoms with van der Waals surface area (Å²) in [6.45, 7) is 0.761. The Bertz CT molecular complexity index is 981. The normalized spacial score (nSPS) is 22.3. The molecule has 0 amide bonds. The highest BCUT2D eigenvalue weighted by Crippen LogP contribution is 2.44. The number of hydrogen-bond donors (Lipinski definition) is 1. The van der Waals surface area contributed by atoms with Crippen LogP contribution in [0.3, 0.4) is 0 Å². The van der Waals surface area contributed by atoms with E-state index in [1.165, 1.54) is 16.4 Å². The van der Waals surface area contributed by atoms with Gasteiger partial charge in [0, 0.05) is 24.7 Å². The van der Waals surface area contributed by atoms with Gasteiger partial charge in [-0.05, 0) is 43.4 Å². The zero-order chi connectivity index (χ0) is 19.8. The van der Waals surface area contributed by atoms with Crippen molar-refractivity contribution in [2.24, 2.45) is 0 Å². The maximum absolute atomic E-state index is 13.6. The molecule has 1 fully saturated rings. The van der Waals surface area contributed by atoms with E-state index in [0.717, 1.165) is 36.9 Å². The first-order valence-electron chi connectivity index (χ1n) is 9.37. The lowest BCUT2D eigenvalue weighted by Gasteiger charge is -2.39. The zero-order valence-electron chi connectivity index (χ0n) is 15.5. The first-order chi connectivity index (χ1) is 13.4. The van der Waals surface area contributed by atoms with E-state index in [-0.39, 0.29) is 29.5 Å². The Labute approximate surface area is 163 Å². The van der Waals surface area contributed by atoms with E-state index >= 15 is 0 Å². The van der Waals surface area contributed by atoms with Gasteiger partial charge in [-0.15, -0.1) is 0 Å². The second-order valence-corrected chi connectivity index (χ2v) is 9.50. The number of ether oxygens (including phenoxy) is 1. The molecule has 2 N–H and O–H groups in total. The third-order valence-electron chi connectivity index (χ3n) is 5.63. The summed E-state index contributed by atoms with van der Waals surface area (Å²) < 4.78 is 46.2. The van der Waals surface area contributed by atoms with Crippen LogP contribution in [0.15, 0.2) is 30.5 Å². The molecule has 0 radical (unpaired) electrons. The summed E-state index contributed by atoms with van der Waals surface area (Å²) in [6.07, 6.45) is 5.07. The van der Waals surface area contributed by atoms with Crippen molar-refractivity contribution in [3.05, 3.63) is 47.5 Å². The molecule has 1 aliphatic heterocycles. The standard InChI is InChI=1S/C19H23FN4O3S/c20-15-4-1-2-5-16(15)27-10-11-28(25,26)24-9-3-7-19(13-24)8-6-14-12-22-18(21)23-17(14)19/h1-2,4-5,12H,3,6-11,13H2,(H2,21,22,23). The van der Waals surface area contributed by atoms with Gasteiger partial charge in [-0.25, -0.2) is 27.1 Å². The number of fused-ring (bicyclic) bond motifs is 2. The summed E-state index contributed by atoms with van der Waals surface area (Å²) in [7, 11) is -3.53.